The molecule has 0 aliphatic rings. The Hall–Kier alpha value is -1.71. The Labute approximate surface area is 108 Å². The molecule has 1 aromatic carbocycles. The van der Waals surface area contributed by atoms with E-state index in [0.29, 0.717) is 5.75 Å². The number of benzene rings is 1. The molecule has 18 heavy (non-hydrogen) atoms. The summed E-state index contributed by atoms with van der Waals surface area (Å²) >= 11 is 0. The quantitative estimate of drug-likeness (QED) is 0.816. The van der Waals surface area contributed by atoms with Crippen molar-refractivity contribution < 1.29 is 14.6 Å². The van der Waals surface area contributed by atoms with Crippen molar-refractivity contribution in [3.63, 3.8) is 0 Å². The fourth-order valence-corrected chi connectivity index (χ4v) is 1.68. The topological polar surface area (TPSA) is 58.6 Å². The summed E-state index contributed by atoms with van der Waals surface area (Å²) in [5.41, 5.74) is 0. The first kappa shape index (κ1) is 14.4. The molecule has 1 aromatic rings. The average molecular weight is 251 g/mol. The summed E-state index contributed by atoms with van der Waals surface area (Å²) in [7, 11) is 0. The summed E-state index contributed by atoms with van der Waals surface area (Å²) in [4.78, 5) is 11.8. The van der Waals surface area contributed by atoms with Crippen molar-refractivity contribution in [3.8, 4) is 11.5 Å². The SMILES string of the molecule is CCCC(C)NC(=O)C(C)Oc1cccc(O)c1. The van der Waals surface area contributed by atoms with E-state index in [-0.39, 0.29) is 17.7 Å². The molecule has 0 fully saturated rings. The average Bonchev–Trinajstić information content (AvgIpc) is 2.29. The van der Waals surface area contributed by atoms with Gasteiger partial charge in [-0.2, -0.15) is 0 Å². The molecule has 2 unspecified atom stereocenters. The number of carbonyl (C=O) groups excluding carboxylic acids is 1. The molecule has 0 spiro atoms. The zero-order valence-electron chi connectivity index (χ0n) is 11.1. The summed E-state index contributed by atoms with van der Waals surface area (Å²) in [5, 5.41) is 12.2. The van der Waals surface area contributed by atoms with Gasteiger partial charge < -0.3 is 15.2 Å². The highest BCUT2D eigenvalue weighted by Gasteiger charge is 2.16. The minimum Gasteiger partial charge on any atom is -0.508 e. The van der Waals surface area contributed by atoms with Crippen LogP contribution in [0.1, 0.15) is 33.6 Å². The Morgan fingerprint density at radius 1 is 1.44 bits per heavy atom. The van der Waals surface area contributed by atoms with E-state index < -0.39 is 6.10 Å². The van der Waals surface area contributed by atoms with E-state index in [1.807, 2.05) is 6.92 Å². The van der Waals surface area contributed by atoms with Crippen LogP contribution in [0.2, 0.25) is 0 Å². The smallest absolute Gasteiger partial charge is 0.260 e. The molecule has 0 heterocycles. The first-order chi connectivity index (χ1) is 8.52. The van der Waals surface area contributed by atoms with Gasteiger partial charge in [0.25, 0.3) is 5.91 Å². The Bertz CT molecular complexity index is 392. The van der Waals surface area contributed by atoms with Gasteiger partial charge in [0.1, 0.15) is 11.5 Å². The highest BCUT2D eigenvalue weighted by Crippen LogP contribution is 2.18. The van der Waals surface area contributed by atoms with E-state index in [2.05, 4.69) is 12.2 Å². The maximum atomic E-state index is 11.8. The molecule has 4 nitrogen and oxygen atoms in total. The van der Waals surface area contributed by atoms with Gasteiger partial charge in [0.2, 0.25) is 0 Å². The second-order valence-electron chi connectivity index (χ2n) is 4.46. The molecular weight excluding hydrogens is 230 g/mol. The Balaban J connectivity index is 2.49. The van der Waals surface area contributed by atoms with Gasteiger partial charge in [-0.3, -0.25) is 4.79 Å². The third-order valence-corrected chi connectivity index (χ3v) is 2.61. The zero-order valence-corrected chi connectivity index (χ0v) is 11.1. The molecule has 0 aliphatic heterocycles. The van der Waals surface area contributed by atoms with Crippen molar-refractivity contribution in [1.82, 2.24) is 5.32 Å². The maximum Gasteiger partial charge on any atom is 0.260 e. The number of hydrogen-bond acceptors (Lipinski definition) is 3. The molecule has 100 valence electrons. The van der Waals surface area contributed by atoms with Gasteiger partial charge in [-0.25, -0.2) is 0 Å². The molecular formula is C14H21NO3. The monoisotopic (exact) mass is 251 g/mol. The number of phenolic OH excluding ortho intramolecular Hbond substituents is 1. The maximum absolute atomic E-state index is 11.8. The summed E-state index contributed by atoms with van der Waals surface area (Å²) < 4.78 is 5.46. The van der Waals surface area contributed by atoms with Crippen LogP contribution in [-0.4, -0.2) is 23.2 Å². The van der Waals surface area contributed by atoms with Crippen LogP contribution in [0.15, 0.2) is 24.3 Å². The summed E-state index contributed by atoms with van der Waals surface area (Å²) in [6.45, 7) is 5.75. The van der Waals surface area contributed by atoms with Gasteiger partial charge in [-0.1, -0.05) is 19.4 Å². The van der Waals surface area contributed by atoms with Gasteiger partial charge in [-0.05, 0) is 32.4 Å². The van der Waals surface area contributed by atoms with Crippen molar-refractivity contribution in [1.29, 1.82) is 0 Å². The third kappa shape index (κ3) is 4.65. The molecule has 0 aliphatic carbocycles. The number of carbonyl (C=O) groups is 1. The highest BCUT2D eigenvalue weighted by atomic mass is 16.5. The number of aromatic hydroxyl groups is 1. The fraction of sp³-hybridized carbons (Fsp3) is 0.500. The Morgan fingerprint density at radius 3 is 2.78 bits per heavy atom. The number of ether oxygens (including phenoxy) is 1. The summed E-state index contributed by atoms with van der Waals surface area (Å²) in [6.07, 6.45) is 1.40. The first-order valence-corrected chi connectivity index (χ1v) is 6.29. The lowest BCUT2D eigenvalue weighted by atomic mass is 10.2. The van der Waals surface area contributed by atoms with Crippen LogP contribution in [0.4, 0.5) is 0 Å². The summed E-state index contributed by atoms with van der Waals surface area (Å²) in [5.74, 6) is 0.472. The van der Waals surface area contributed by atoms with Crippen LogP contribution in [0.5, 0.6) is 11.5 Å². The zero-order chi connectivity index (χ0) is 13.5. The van der Waals surface area contributed by atoms with Crippen LogP contribution < -0.4 is 10.1 Å². The fourth-order valence-electron chi connectivity index (χ4n) is 1.68. The lowest BCUT2D eigenvalue weighted by Crippen LogP contribution is -2.41. The van der Waals surface area contributed by atoms with Crippen molar-refractivity contribution in [3.05, 3.63) is 24.3 Å². The van der Waals surface area contributed by atoms with Crippen molar-refractivity contribution in [2.75, 3.05) is 0 Å². The van der Waals surface area contributed by atoms with Gasteiger partial charge >= 0.3 is 0 Å². The molecule has 2 atom stereocenters. The minimum absolute atomic E-state index is 0.124. The molecule has 0 radical (unpaired) electrons. The van der Waals surface area contributed by atoms with Crippen molar-refractivity contribution >= 4 is 5.91 Å². The minimum atomic E-state index is -0.578. The Morgan fingerprint density at radius 2 is 2.17 bits per heavy atom. The van der Waals surface area contributed by atoms with Crippen LogP contribution in [-0.2, 0) is 4.79 Å². The molecule has 4 heteroatoms. The van der Waals surface area contributed by atoms with E-state index in [0.717, 1.165) is 12.8 Å². The van der Waals surface area contributed by atoms with Crippen LogP contribution in [0, 0.1) is 0 Å². The molecule has 0 saturated heterocycles. The van der Waals surface area contributed by atoms with Crippen LogP contribution in [0.3, 0.4) is 0 Å². The molecule has 0 saturated carbocycles. The van der Waals surface area contributed by atoms with Crippen molar-refractivity contribution in [2.45, 2.75) is 45.8 Å². The Kier molecular flexibility index (Phi) is 5.49. The predicted molar refractivity (Wildman–Crippen MR) is 70.7 cm³/mol. The van der Waals surface area contributed by atoms with Gasteiger partial charge in [0.05, 0.1) is 0 Å². The predicted octanol–water partition coefficient (Wildman–Crippen LogP) is 2.46. The van der Waals surface area contributed by atoms with E-state index in [1.165, 1.54) is 6.07 Å². The van der Waals surface area contributed by atoms with Gasteiger partial charge in [0.15, 0.2) is 6.10 Å². The second kappa shape index (κ2) is 6.89. The molecule has 2 N–H and O–H groups in total. The van der Waals surface area contributed by atoms with E-state index in [4.69, 9.17) is 4.74 Å². The highest BCUT2D eigenvalue weighted by molar-refractivity contribution is 5.80. The van der Waals surface area contributed by atoms with E-state index >= 15 is 0 Å². The molecule has 0 aromatic heterocycles. The van der Waals surface area contributed by atoms with Gasteiger partial charge in [-0.15, -0.1) is 0 Å². The second-order valence-corrected chi connectivity index (χ2v) is 4.46. The number of nitrogens with one attached hydrogen (secondary N) is 1. The largest absolute Gasteiger partial charge is 0.508 e. The van der Waals surface area contributed by atoms with Crippen LogP contribution >= 0.6 is 0 Å². The standard InChI is InChI=1S/C14H21NO3/c1-4-6-10(2)15-14(17)11(3)18-13-8-5-7-12(16)9-13/h5,7-11,16H,4,6H2,1-3H3,(H,15,17). The third-order valence-electron chi connectivity index (χ3n) is 2.61. The van der Waals surface area contributed by atoms with Gasteiger partial charge in [0, 0.05) is 12.1 Å². The normalized spacial score (nSPS) is 13.7. The first-order valence-electron chi connectivity index (χ1n) is 6.29. The number of rotatable bonds is 6. The lowest BCUT2D eigenvalue weighted by Gasteiger charge is -2.18. The molecule has 1 amide bonds. The summed E-state index contributed by atoms with van der Waals surface area (Å²) in [6, 6.07) is 6.58. The number of hydrogen-bond donors (Lipinski definition) is 2. The molecule has 1 rings (SSSR count). The van der Waals surface area contributed by atoms with Crippen molar-refractivity contribution in [2.24, 2.45) is 0 Å². The number of phenols is 1. The lowest BCUT2D eigenvalue weighted by molar-refractivity contribution is -0.127. The van der Waals surface area contributed by atoms with E-state index in [9.17, 15) is 9.90 Å². The number of amides is 1. The molecule has 0 bridgehead atoms. The van der Waals surface area contributed by atoms with E-state index in [1.54, 1.807) is 25.1 Å². The van der Waals surface area contributed by atoms with Crippen LogP contribution in [0.25, 0.3) is 0 Å².